The Labute approximate surface area is 85.8 Å². The molecule has 0 spiro atoms. The quantitative estimate of drug-likeness (QED) is 0.553. The summed E-state index contributed by atoms with van der Waals surface area (Å²) in [6.45, 7) is 10.8. The van der Waals surface area contributed by atoms with Crippen molar-refractivity contribution in [2.45, 2.75) is 33.4 Å². The molecule has 1 rings (SSSR count). The van der Waals surface area contributed by atoms with Crippen LogP contribution in [0.2, 0.25) is 0 Å². The average molecular weight is 193 g/mol. The second-order valence-corrected chi connectivity index (χ2v) is 3.61. The zero-order valence-corrected chi connectivity index (χ0v) is 9.08. The first kappa shape index (κ1) is 11.0. The number of aromatic nitrogens is 2. The van der Waals surface area contributed by atoms with Crippen molar-refractivity contribution in [3.05, 3.63) is 30.1 Å². The SMILES string of the molecule is C=C(C)Cn1nccc1CNCCC. The standard InChI is InChI=1S/C11H19N3/c1-4-6-12-8-11-5-7-13-14(11)9-10(2)3/h5,7,12H,2,4,6,8-9H2,1,3H3. The predicted octanol–water partition coefficient (Wildman–Crippen LogP) is 1.96. The predicted molar refractivity (Wildman–Crippen MR) is 59.0 cm³/mol. The van der Waals surface area contributed by atoms with Crippen LogP contribution in [-0.2, 0) is 13.1 Å². The Morgan fingerprint density at radius 2 is 2.43 bits per heavy atom. The minimum absolute atomic E-state index is 0.816. The molecular weight excluding hydrogens is 174 g/mol. The van der Waals surface area contributed by atoms with E-state index in [-0.39, 0.29) is 0 Å². The number of nitrogens with one attached hydrogen (secondary N) is 1. The molecule has 1 aromatic heterocycles. The maximum atomic E-state index is 4.25. The van der Waals surface area contributed by atoms with Gasteiger partial charge in [0.05, 0.1) is 12.2 Å². The summed E-state index contributed by atoms with van der Waals surface area (Å²) in [7, 11) is 0. The smallest absolute Gasteiger partial charge is 0.0617 e. The van der Waals surface area contributed by atoms with Crippen LogP contribution in [0.4, 0.5) is 0 Å². The maximum absolute atomic E-state index is 4.25. The normalized spacial score (nSPS) is 10.4. The van der Waals surface area contributed by atoms with Gasteiger partial charge in [0.15, 0.2) is 0 Å². The molecule has 0 saturated heterocycles. The molecule has 1 heterocycles. The molecule has 1 aromatic rings. The molecule has 0 aromatic carbocycles. The summed E-state index contributed by atoms with van der Waals surface area (Å²) < 4.78 is 1.99. The second kappa shape index (κ2) is 5.60. The van der Waals surface area contributed by atoms with Crippen molar-refractivity contribution in [1.29, 1.82) is 0 Å². The van der Waals surface area contributed by atoms with Crippen molar-refractivity contribution in [3.8, 4) is 0 Å². The van der Waals surface area contributed by atoms with Crippen molar-refractivity contribution >= 4 is 0 Å². The zero-order valence-electron chi connectivity index (χ0n) is 9.08. The monoisotopic (exact) mass is 193 g/mol. The summed E-state index contributed by atoms with van der Waals surface area (Å²) in [5.41, 5.74) is 2.35. The van der Waals surface area contributed by atoms with Gasteiger partial charge in [-0.3, -0.25) is 4.68 Å². The van der Waals surface area contributed by atoms with E-state index in [9.17, 15) is 0 Å². The summed E-state index contributed by atoms with van der Waals surface area (Å²) in [5.74, 6) is 0. The lowest BCUT2D eigenvalue weighted by atomic mass is 10.3. The summed E-state index contributed by atoms with van der Waals surface area (Å²) in [4.78, 5) is 0. The van der Waals surface area contributed by atoms with E-state index in [0.717, 1.165) is 31.6 Å². The molecule has 78 valence electrons. The number of rotatable bonds is 6. The molecule has 0 bridgehead atoms. The first-order chi connectivity index (χ1) is 6.74. The summed E-state index contributed by atoms with van der Waals surface area (Å²) in [6.07, 6.45) is 3.00. The summed E-state index contributed by atoms with van der Waals surface area (Å²) >= 11 is 0. The molecule has 14 heavy (non-hydrogen) atoms. The van der Waals surface area contributed by atoms with Gasteiger partial charge in [-0.05, 0) is 26.0 Å². The van der Waals surface area contributed by atoms with Gasteiger partial charge in [0.2, 0.25) is 0 Å². The number of hydrogen-bond donors (Lipinski definition) is 1. The minimum atomic E-state index is 0.816. The van der Waals surface area contributed by atoms with Crippen LogP contribution in [0.5, 0.6) is 0 Å². The van der Waals surface area contributed by atoms with Crippen LogP contribution in [0.3, 0.4) is 0 Å². The average Bonchev–Trinajstić information content (AvgIpc) is 2.52. The summed E-state index contributed by atoms with van der Waals surface area (Å²) in [6, 6.07) is 2.05. The van der Waals surface area contributed by atoms with Crippen LogP contribution in [0.1, 0.15) is 26.0 Å². The van der Waals surface area contributed by atoms with E-state index >= 15 is 0 Å². The molecule has 0 fully saturated rings. The van der Waals surface area contributed by atoms with Gasteiger partial charge in [-0.1, -0.05) is 19.1 Å². The van der Waals surface area contributed by atoms with E-state index in [0.29, 0.717) is 0 Å². The minimum Gasteiger partial charge on any atom is -0.311 e. The molecule has 3 heteroatoms. The molecule has 1 N–H and O–H groups in total. The van der Waals surface area contributed by atoms with E-state index in [1.807, 2.05) is 23.9 Å². The van der Waals surface area contributed by atoms with Crippen molar-refractivity contribution < 1.29 is 0 Å². The molecule has 0 aliphatic heterocycles. The molecule has 0 atom stereocenters. The molecule has 0 aliphatic carbocycles. The van der Waals surface area contributed by atoms with Gasteiger partial charge in [0, 0.05) is 12.7 Å². The number of allylic oxidation sites excluding steroid dienone is 1. The first-order valence-electron chi connectivity index (χ1n) is 5.09. The van der Waals surface area contributed by atoms with Crippen molar-refractivity contribution in [2.24, 2.45) is 0 Å². The third-order valence-electron chi connectivity index (χ3n) is 1.96. The molecule has 0 amide bonds. The van der Waals surface area contributed by atoms with Crippen LogP contribution in [-0.4, -0.2) is 16.3 Å². The third kappa shape index (κ3) is 3.34. The van der Waals surface area contributed by atoms with E-state index < -0.39 is 0 Å². The van der Waals surface area contributed by atoms with Crippen LogP contribution in [0, 0.1) is 0 Å². The summed E-state index contributed by atoms with van der Waals surface area (Å²) in [5, 5.41) is 7.61. The van der Waals surface area contributed by atoms with Gasteiger partial charge in [-0.2, -0.15) is 5.10 Å². The Kier molecular flexibility index (Phi) is 4.40. The van der Waals surface area contributed by atoms with Crippen molar-refractivity contribution in [2.75, 3.05) is 6.54 Å². The lowest BCUT2D eigenvalue weighted by Crippen LogP contribution is -2.17. The van der Waals surface area contributed by atoms with Crippen molar-refractivity contribution in [3.63, 3.8) is 0 Å². The van der Waals surface area contributed by atoms with Crippen molar-refractivity contribution in [1.82, 2.24) is 15.1 Å². The topological polar surface area (TPSA) is 29.9 Å². The Bertz CT molecular complexity index is 288. The highest BCUT2D eigenvalue weighted by molar-refractivity contribution is 5.03. The third-order valence-corrected chi connectivity index (χ3v) is 1.96. The highest BCUT2D eigenvalue weighted by Gasteiger charge is 2.00. The maximum Gasteiger partial charge on any atom is 0.0617 e. The van der Waals surface area contributed by atoms with Gasteiger partial charge in [-0.15, -0.1) is 0 Å². The van der Waals surface area contributed by atoms with Crippen LogP contribution in [0.15, 0.2) is 24.4 Å². The zero-order chi connectivity index (χ0) is 10.4. The molecule has 0 unspecified atom stereocenters. The number of nitrogens with zero attached hydrogens (tertiary/aromatic N) is 2. The van der Waals surface area contributed by atoms with E-state index in [2.05, 4.69) is 23.9 Å². The molecule has 0 aliphatic rings. The Hall–Kier alpha value is -1.09. The molecule has 3 nitrogen and oxygen atoms in total. The highest BCUT2D eigenvalue weighted by Crippen LogP contribution is 2.01. The number of hydrogen-bond acceptors (Lipinski definition) is 2. The Morgan fingerprint density at radius 3 is 3.07 bits per heavy atom. The van der Waals surface area contributed by atoms with Gasteiger partial charge in [-0.25, -0.2) is 0 Å². The fraction of sp³-hybridized carbons (Fsp3) is 0.545. The lowest BCUT2D eigenvalue weighted by molar-refractivity contribution is 0.589. The Morgan fingerprint density at radius 1 is 1.64 bits per heavy atom. The largest absolute Gasteiger partial charge is 0.311 e. The van der Waals surface area contributed by atoms with Gasteiger partial charge in [0.25, 0.3) is 0 Å². The van der Waals surface area contributed by atoms with Crippen LogP contribution < -0.4 is 5.32 Å². The fourth-order valence-electron chi connectivity index (χ4n) is 1.30. The molecular formula is C11H19N3. The van der Waals surface area contributed by atoms with Crippen LogP contribution in [0.25, 0.3) is 0 Å². The lowest BCUT2D eigenvalue weighted by Gasteiger charge is -2.07. The van der Waals surface area contributed by atoms with Crippen LogP contribution >= 0.6 is 0 Å². The van der Waals surface area contributed by atoms with Gasteiger partial charge < -0.3 is 5.32 Å². The molecule has 0 saturated carbocycles. The van der Waals surface area contributed by atoms with Gasteiger partial charge in [0.1, 0.15) is 0 Å². The second-order valence-electron chi connectivity index (χ2n) is 3.61. The van der Waals surface area contributed by atoms with E-state index in [1.165, 1.54) is 5.69 Å². The fourth-order valence-corrected chi connectivity index (χ4v) is 1.30. The Balaban J connectivity index is 2.49. The highest BCUT2D eigenvalue weighted by atomic mass is 15.3. The first-order valence-corrected chi connectivity index (χ1v) is 5.09. The van der Waals surface area contributed by atoms with Gasteiger partial charge >= 0.3 is 0 Å². The molecule has 0 radical (unpaired) electrons. The van der Waals surface area contributed by atoms with E-state index in [4.69, 9.17) is 0 Å². The van der Waals surface area contributed by atoms with E-state index in [1.54, 1.807) is 0 Å².